The SMILES string of the molecule is CCNC(=O)CC1SC(=Nc2ccc(OC)cc2)N(CC)C1=O. The molecule has 0 radical (unpaired) electrons. The van der Waals surface area contributed by atoms with Crippen LogP contribution in [0.4, 0.5) is 5.69 Å². The van der Waals surface area contributed by atoms with E-state index in [0.717, 1.165) is 11.4 Å². The fraction of sp³-hybridized carbons (Fsp3) is 0.438. The van der Waals surface area contributed by atoms with Crippen LogP contribution in [0.25, 0.3) is 0 Å². The molecule has 2 rings (SSSR count). The zero-order valence-corrected chi connectivity index (χ0v) is 14.4. The van der Waals surface area contributed by atoms with E-state index in [0.29, 0.717) is 18.3 Å². The van der Waals surface area contributed by atoms with Gasteiger partial charge in [0.15, 0.2) is 5.17 Å². The van der Waals surface area contributed by atoms with Crippen molar-refractivity contribution in [1.82, 2.24) is 10.2 Å². The average Bonchev–Trinajstić information content (AvgIpc) is 2.83. The van der Waals surface area contributed by atoms with Crippen LogP contribution in [0.2, 0.25) is 0 Å². The molecule has 0 aliphatic carbocycles. The van der Waals surface area contributed by atoms with Crippen LogP contribution in [-0.2, 0) is 9.59 Å². The molecule has 0 aromatic heterocycles. The standard InChI is InChI=1S/C16H21N3O3S/c1-4-17-14(20)10-13-15(21)19(5-2)16(23-13)18-11-6-8-12(22-3)9-7-11/h6-9,13H,4-5,10H2,1-3H3,(H,17,20). The van der Waals surface area contributed by atoms with Gasteiger partial charge in [-0.05, 0) is 38.1 Å². The van der Waals surface area contributed by atoms with Gasteiger partial charge in [-0.25, -0.2) is 4.99 Å². The van der Waals surface area contributed by atoms with Crippen molar-refractivity contribution in [2.45, 2.75) is 25.5 Å². The van der Waals surface area contributed by atoms with Crippen LogP contribution in [0.1, 0.15) is 20.3 Å². The van der Waals surface area contributed by atoms with E-state index in [2.05, 4.69) is 10.3 Å². The molecule has 6 nitrogen and oxygen atoms in total. The Hall–Kier alpha value is -2.02. The lowest BCUT2D eigenvalue weighted by Gasteiger charge is -2.13. The number of amidine groups is 1. The number of thioether (sulfide) groups is 1. The van der Waals surface area contributed by atoms with Crippen molar-refractivity contribution in [1.29, 1.82) is 0 Å². The first-order valence-electron chi connectivity index (χ1n) is 7.56. The summed E-state index contributed by atoms with van der Waals surface area (Å²) in [6.45, 7) is 4.86. The van der Waals surface area contributed by atoms with Gasteiger partial charge in [0.1, 0.15) is 11.0 Å². The number of carbonyl (C=O) groups is 2. The van der Waals surface area contributed by atoms with E-state index in [1.807, 2.05) is 38.1 Å². The van der Waals surface area contributed by atoms with E-state index in [-0.39, 0.29) is 18.2 Å². The van der Waals surface area contributed by atoms with Gasteiger partial charge in [-0.3, -0.25) is 14.5 Å². The lowest BCUT2D eigenvalue weighted by Crippen LogP contribution is -2.34. The second kappa shape index (κ2) is 8.01. The summed E-state index contributed by atoms with van der Waals surface area (Å²) < 4.78 is 5.12. The number of amides is 2. The van der Waals surface area contributed by atoms with E-state index in [4.69, 9.17) is 4.74 Å². The normalized spacial score (nSPS) is 19.3. The largest absolute Gasteiger partial charge is 0.497 e. The molecule has 1 atom stereocenters. The molecule has 0 bridgehead atoms. The van der Waals surface area contributed by atoms with E-state index >= 15 is 0 Å². The van der Waals surface area contributed by atoms with Crippen molar-refractivity contribution in [2.24, 2.45) is 4.99 Å². The van der Waals surface area contributed by atoms with Crippen molar-refractivity contribution in [3.8, 4) is 5.75 Å². The van der Waals surface area contributed by atoms with Gasteiger partial charge in [0.05, 0.1) is 12.8 Å². The molecule has 7 heteroatoms. The number of ether oxygens (including phenoxy) is 1. The summed E-state index contributed by atoms with van der Waals surface area (Å²) in [7, 11) is 1.61. The highest BCUT2D eigenvalue weighted by Crippen LogP contribution is 2.31. The number of rotatable bonds is 6. The first-order chi connectivity index (χ1) is 11.1. The maximum atomic E-state index is 12.4. The molecule has 1 aromatic carbocycles. The topological polar surface area (TPSA) is 71.0 Å². The molecule has 1 N–H and O–H groups in total. The molecular weight excluding hydrogens is 314 g/mol. The van der Waals surface area contributed by atoms with Gasteiger partial charge in [0.25, 0.3) is 0 Å². The number of nitrogens with one attached hydrogen (secondary N) is 1. The van der Waals surface area contributed by atoms with E-state index in [1.165, 1.54) is 11.8 Å². The minimum absolute atomic E-state index is 0.0592. The van der Waals surface area contributed by atoms with Crippen molar-refractivity contribution >= 4 is 34.4 Å². The Kier molecular flexibility index (Phi) is 6.04. The monoisotopic (exact) mass is 335 g/mol. The summed E-state index contributed by atoms with van der Waals surface area (Å²) in [6.07, 6.45) is 0.176. The Morgan fingerprint density at radius 3 is 2.61 bits per heavy atom. The number of hydrogen-bond donors (Lipinski definition) is 1. The summed E-state index contributed by atoms with van der Waals surface area (Å²) in [5, 5.41) is 2.96. The molecule has 0 spiro atoms. The van der Waals surface area contributed by atoms with E-state index in [9.17, 15) is 9.59 Å². The van der Waals surface area contributed by atoms with Gasteiger partial charge >= 0.3 is 0 Å². The van der Waals surface area contributed by atoms with E-state index < -0.39 is 5.25 Å². The highest BCUT2D eigenvalue weighted by molar-refractivity contribution is 8.15. The van der Waals surface area contributed by atoms with E-state index in [1.54, 1.807) is 12.0 Å². The molecular formula is C16H21N3O3S. The first kappa shape index (κ1) is 17.3. The van der Waals surface area contributed by atoms with Gasteiger partial charge < -0.3 is 10.1 Å². The average molecular weight is 335 g/mol. The number of methoxy groups -OCH3 is 1. The van der Waals surface area contributed by atoms with Crippen molar-refractivity contribution < 1.29 is 14.3 Å². The van der Waals surface area contributed by atoms with Gasteiger partial charge in [-0.1, -0.05) is 11.8 Å². The zero-order chi connectivity index (χ0) is 16.8. The lowest BCUT2D eigenvalue weighted by atomic mass is 10.2. The Labute approximate surface area is 140 Å². The maximum absolute atomic E-state index is 12.4. The summed E-state index contributed by atoms with van der Waals surface area (Å²) in [4.78, 5) is 30.3. The summed E-state index contributed by atoms with van der Waals surface area (Å²) >= 11 is 1.34. The van der Waals surface area contributed by atoms with Gasteiger partial charge in [0.2, 0.25) is 11.8 Å². The summed E-state index contributed by atoms with van der Waals surface area (Å²) in [5.74, 6) is 0.585. The summed E-state index contributed by atoms with van der Waals surface area (Å²) in [5.41, 5.74) is 0.748. The van der Waals surface area contributed by atoms with Crippen molar-refractivity contribution in [3.63, 3.8) is 0 Å². The second-order valence-corrected chi connectivity index (χ2v) is 6.11. The van der Waals surface area contributed by atoms with Gasteiger partial charge in [-0.15, -0.1) is 0 Å². The first-order valence-corrected chi connectivity index (χ1v) is 8.44. The predicted molar refractivity (Wildman–Crippen MR) is 92.2 cm³/mol. The molecule has 2 amide bonds. The fourth-order valence-electron chi connectivity index (χ4n) is 2.22. The van der Waals surface area contributed by atoms with Gasteiger partial charge in [-0.2, -0.15) is 0 Å². The van der Waals surface area contributed by atoms with Crippen LogP contribution >= 0.6 is 11.8 Å². The lowest BCUT2D eigenvalue weighted by molar-refractivity contribution is -0.129. The van der Waals surface area contributed by atoms with Gasteiger partial charge in [0, 0.05) is 19.5 Å². The molecule has 1 heterocycles. The second-order valence-electron chi connectivity index (χ2n) is 4.94. The third kappa shape index (κ3) is 4.25. The minimum Gasteiger partial charge on any atom is -0.497 e. The Morgan fingerprint density at radius 2 is 2.04 bits per heavy atom. The molecule has 1 saturated heterocycles. The number of aliphatic imine (C=N–C) groups is 1. The highest BCUT2D eigenvalue weighted by Gasteiger charge is 2.38. The predicted octanol–water partition coefficient (Wildman–Crippen LogP) is 2.17. The molecule has 23 heavy (non-hydrogen) atoms. The molecule has 1 aliphatic heterocycles. The molecule has 0 saturated carbocycles. The fourth-order valence-corrected chi connectivity index (χ4v) is 3.44. The van der Waals surface area contributed by atoms with Crippen LogP contribution in [0.5, 0.6) is 5.75 Å². The van der Waals surface area contributed by atoms with Crippen molar-refractivity contribution in [2.75, 3.05) is 20.2 Å². The smallest absolute Gasteiger partial charge is 0.242 e. The molecule has 1 aliphatic rings. The Balaban J connectivity index is 2.15. The molecule has 1 unspecified atom stereocenters. The van der Waals surface area contributed by atoms with Crippen LogP contribution in [0.3, 0.4) is 0 Å². The summed E-state index contributed by atoms with van der Waals surface area (Å²) in [6, 6.07) is 7.32. The molecule has 1 fully saturated rings. The Bertz CT molecular complexity index is 601. The molecule has 124 valence electrons. The third-order valence-electron chi connectivity index (χ3n) is 3.38. The van der Waals surface area contributed by atoms with Crippen LogP contribution in [-0.4, -0.2) is 47.3 Å². The number of nitrogens with zero attached hydrogens (tertiary/aromatic N) is 2. The van der Waals surface area contributed by atoms with Crippen molar-refractivity contribution in [3.05, 3.63) is 24.3 Å². The highest BCUT2D eigenvalue weighted by atomic mass is 32.2. The quantitative estimate of drug-likeness (QED) is 0.865. The van der Waals surface area contributed by atoms with Crippen LogP contribution in [0.15, 0.2) is 29.3 Å². The number of carbonyl (C=O) groups excluding carboxylic acids is 2. The molecule has 1 aromatic rings. The maximum Gasteiger partial charge on any atom is 0.242 e. The van der Waals surface area contributed by atoms with Crippen LogP contribution < -0.4 is 10.1 Å². The third-order valence-corrected chi connectivity index (χ3v) is 4.55. The zero-order valence-electron chi connectivity index (χ0n) is 13.5. The number of hydrogen-bond acceptors (Lipinski definition) is 5. The number of benzene rings is 1. The Morgan fingerprint density at radius 1 is 1.35 bits per heavy atom. The van der Waals surface area contributed by atoms with Crippen LogP contribution in [0, 0.1) is 0 Å². The minimum atomic E-state index is -0.404.